The molecule has 0 spiro atoms. The highest BCUT2D eigenvalue weighted by molar-refractivity contribution is 7.80. The fraction of sp³-hybridized carbons (Fsp3) is 0.909. The van der Waals surface area contributed by atoms with E-state index in [1.165, 1.54) is 96.4 Å². The predicted octanol–water partition coefficient (Wildman–Crippen LogP) is 5.82. The molecule has 0 heterocycles. The van der Waals surface area contributed by atoms with Crippen molar-refractivity contribution in [1.82, 2.24) is 0 Å². The number of hydrogen-bond donors (Lipinski definition) is 0. The maximum absolute atomic E-state index is 9.22. The molecular formula is C22H47NO4S. The number of allylic oxidation sites excluding steroid dienone is 2. The molecule has 0 aliphatic carbocycles. The zero-order valence-corrected chi connectivity index (χ0v) is 20.1. The summed E-state index contributed by atoms with van der Waals surface area (Å²) in [6.07, 6.45) is 24.4. The van der Waals surface area contributed by atoms with Gasteiger partial charge in [-0.2, -0.15) is 0 Å². The van der Waals surface area contributed by atoms with Crippen molar-refractivity contribution in [1.29, 1.82) is 0 Å². The van der Waals surface area contributed by atoms with Gasteiger partial charge in [-0.25, -0.2) is 8.42 Å². The Hall–Kier alpha value is -0.430. The SMILES string of the molecule is CCCCCCCC/C=C\CCCCCCCC[N+](C)(C)C.COS(=O)(=O)[O-]. The topological polar surface area (TPSA) is 66.4 Å². The second-order valence-corrected chi connectivity index (χ2v) is 9.68. The molecule has 0 radical (unpaired) electrons. The van der Waals surface area contributed by atoms with Crippen LogP contribution in [-0.2, 0) is 14.6 Å². The van der Waals surface area contributed by atoms with Crippen molar-refractivity contribution in [2.24, 2.45) is 0 Å². The van der Waals surface area contributed by atoms with E-state index in [1.807, 2.05) is 0 Å². The Morgan fingerprint density at radius 3 is 1.46 bits per heavy atom. The summed E-state index contributed by atoms with van der Waals surface area (Å²) in [5, 5.41) is 0. The summed E-state index contributed by atoms with van der Waals surface area (Å²) >= 11 is 0. The van der Waals surface area contributed by atoms with Crippen molar-refractivity contribution in [2.75, 3.05) is 34.8 Å². The van der Waals surface area contributed by atoms with Crippen LogP contribution in [0.4, 0.5) is 0 Å². The monoisotopic (exact) mass is 421 g/mol. The number of unbranched alkanes of at least 4 members (excludes halogenated alkanes) is 12. The van der Waals surface area contributed by atoms with E-state index in [1.54, 1.807) is 0 Å². The lowest BCUT2D eigenvalue weighted by Crippen LogP contribution is -2.35. The molecule has 0 bridgehead atoms. The zero-order valence-electron chi connectivity index (χ0n) is 19.2. The third-order valence-corrected chi connectivity index (χ3v) is 4.95. The van der Waals surface area contributed by atoms with Gasteiger partial charge in [-0.15, -0.1) is 0 Å². The molecule has 0 aromatic carbocycles. The molecule has 6 heteroatoms. The van der Waals surface area contributed by atoms with Gasteiger partial charge in [-0.05, 0) is 38.5 Å². The van der Waals surface area contributed by atoms with Gasteiger partial charge in [0.2, 0.25) is 10.4 Å². The molecule has 0 rings (SSSR count). The molecule has 0 aliphatic rings. The quantitative estimate of drug-likeness (QED) is 0.0975. The van der Waals surface area contributed by atoms with Gasteiger partial charge in [0.25, 0.3) is 0 Å². The first-order chi connectivity index (χ1) is 13.1. The van der Waals surface area contributed by atoms with E-state index >= 15 is 0 Å². The van der Waals surface area contributed by atoms with Gasteiger partial charge in [0, 0.05) is 0 Å². The molecule has 28 heavy (non-hydrogen) atoms. The number of hydrogen-bond acceptors (Lipinski definition) is 4. The molecule has 0 saturated heterocycles. The maximum atomic E-state index is 9.22. The van der Waals surface area contributed by atoms with E-state index in [9.17, 15) is 13.0 Å². The standard InChI is InChI=1S/C21H44N.CH4O4S/c1-5-6-7-8-9-10-11-12-13-14-15-16-17-18-19-20-21-22(2,3)4;1-5-6(2,3)4/h12-13H,5-11,14-21H2,1-4H3;1H3,(H,2,3,4)/q+1;/p-1/b13-12-;. The highest BCUT2D eigenvalue weighted by Crippen LogP contribution is 2.10. The summed E-state index contributed by atoms with van der Waals surface area (Å²) in [7, 11) is 3.26. The average Bonchev–Trinajstić information content (AvgIpc) is 2.60. The fourth-order valence-corrected chi connectivity index (χ4v) is 2.83. The molecule has 170 valence electrons. The van der Waals surface area contributed by atoms with E-state index in [4.69, 9.17) is 0 Å². The van der Waals surface area contributed by atoms with E-state index in [-0.39, 0.29) is 0 Å². The second-order valence-electron chi connectivity index (χ2n) is 8.53. The van der Waals surface area contributed by atoms with Crippen LogP contribution in [0, 0.1) is 0 Å². The van der Waals surface area contributed by atoms with Crippen LogP contribution in [0.2, 0.25) is 0 Å². The van der Waals surface area contributed by atoms with E-state index in [0.29, 0.717) is 0 Å². The normalized spacial score (nSPS) is 12.2. The van der Waals surface area contributed by atoms with Crippen molar-refractivity contribution in [3.8, 4) is 0 Å². The van der Waals surface area contributed by atoms with Crippen LogP contribution in [-0.4, -0.2) is 52.3 Å². The minimum absolute atomic E-state index is 0.808. The van der Waals surface area contributed by atoms with E-state index in [0.717, 1.165) is 11.6 Å². The lowest BCUT2D eigenvalue weighted by atomic mass is 10.1. The molecule has 0 atom stereocenters. The molecule has 0 fully saturated rings. The highest BCUT2D eigenvalue weighted by Gasteiger charge is 2.04. The Balaban J connectivity index is 0. The minimum Gasteiger partial charge on any atom is -0.726 e. The molecule has 0 unspecified atom stereocenters. The van der Waals surface area contributed by atoms with Crippen molar-refractivity contribution in [2.45, 2.75) is 96.8 Å². The Kier molecular flexibility index (Phi) is 21.1. The minimum atomic E-state index is -4.41. The first kappa shape index (κ1) is 29.8. The maximum Gasteiger partial charge on any atom is 0.217 e. The Morgan fingerprint density at radius 1 is 0.750 bits per heavy atom. The first-order valence-corrected chi connectivity index (χ1v) is 12.4. The molecular weight excluding hydrogens is 374 g/mol. The van der Waals surface area contributed by atoms with Crippen LogP contribution in [0.5, 0.6) is 0 Å². The van der Waals surface area contributed by atoms with Gasteiger partial charge >= 0.3 is 0 Å². The van der Waals surface area contributed by atoms with Gasteiger partial charge in [-0.1, -0.05) is 70.4 Å². The van der Waals surface area contributed by atoms with Crippen LogP contribution >= 0.6 is 0 Å². The summed E-state index contributed by atoms with van der Waals surface area (Å²) in [6, 6.07) is 0. The van der Waals surface area contributed by atoms with Crippen LogP contribution in [0.3, 0.4) is 0 Å². The summed E-state index contributed by atoms with van der Waals surface area (Å²) in [4.78, 5) is 0. The molecule has 0 N–H and O–H groups in total. The van der Waals surface area contributed by atoms with Gasteiger partial charge < -0.3 is 9.04 Å². The van der Waals surface area contributed by atoms with Gasteiger partial charge in [0.1, 0.15) is 0 Å². The van der Waals surface area contributed by atoms with Crippen molar-refractivity contribution in [3.05, 3.63) is 12.2 Å². The van der Waals surface area contributed by atoms with Crippen LogP contribution in [0.1, 0.15) is 96.8 Å². The third-order valence-electron chi connectivity index (χ3n) is 4.54. The van der Waals surface area contributed by atoms with Gasteiger partial charge in [0.05, 0.1) is 34.8 Å². The largest absolute Gasteiger partial charge is 0.726 e. The smallest absolute Gasteiger partial charge is 0.217 e. The fourth-order valence-electron chi connectivity index (χ4n) is 2.83. The van der Waals surface area contributed by atoms with Gasteiger partial charge in [-0.3, -0.25) is 4.18 Å². The van der Waals surface area contributed by atoms with Crippen LogP contribution < -0.4 is 0 Å². The first-order valence-electron chi connectivity index (χ1n) is 11.1. The number of rotatable bonds is 17. The van der Waals surface area contributed by atoms with Gasteiger partial charge in [0.15, 0.2) is 0 Å². The molecule has 5 nitrogen and oxygen atoms in total. The second kappa shape index (κ2) is 19.9. The molecule has 0 aliphatic heterocycles. The highest BCUT2D eigenvalue weighted by atomic mass is 32.3. The summed E-state index contributed by atoms with van der Waals surface area (Å²) in [5.74, 6) is 0. The summed E-state index contributed by atoms with van der Waals surface area (Å²) < 4.78 is 32.1. The lowest BCUT2D eigenvalue weighted by Gasteiger charge is -2.23. The van der Waals surface area contributed by atoms with Crippen molar-refractivity contribution < 1.29 is 21.6 Å². The summed E-state index contributed by atoms with van der Waals surface area (Å²) in [5.41, 5.74) is 0. The van der Waals surface area contributed by atoms with E-state index < -0.39 is 10.4 Å². The Bertz CT molecular complexity index is 442. The predicted molar refractivity (Wildman–Crippen MR) is 119 cm³/mol. The third kappa shape index (κ3) is 33.2. The van der Waals surface area contributed by atoms with Crippen molar-refractivity contribution in [3.63, 3.8) is 0 Å². The Labute approximate surface area is 176 Å². The van der Waals surface area contributed by atoms with E-state index in [2.05, 4.69) is 44.4 Å². The summed E-state index contributed by atoms with van der Waals surface area (Å²) in [6.45, 7) is 3.61. The lowest BCUT2D eigenvalue weighted by molar-refractivity contribution is -0.870. The number of quaternary nitrogens is 1. The van der Waals surface area contributed by atoms with Crippen LogP contribution in [0.25, 0.3) is 0 Å². The van der Waals surface area contributed by atoms with Crippen LogP contribution in [0.15, 0.2) is 12.2 Å². The zero-order chi connectivity index (χ0) is 21.7. The van der Waals surface area contributed by atoms with Crippen molar-refractivity contribution >= 4 is 10.4 Å². The average molecular weight is 422 g/mol. The molecule has 0 aromatic heterocycles. The molecule has 0 saturated carbocycles. The Morgan fingerprint density at radius 2 is 1.11 bits per heavy atom. The number of nitrogens with zero attached hydrogens (tertiary/aromatic N) is 1. The molecule has 0 amide bonds. The molecule has 0 aromatic rings.